The maximum absolute atomic E-state index is 3.52. The number of nitrogens with one attached hydrogen (secondary N) is 1. The van der Waals surface area contributed by atoms with Crippen LogP contribution in [0, 0.1) is 11.3 Å². The molecule has 3 heteroatoms. The van der Waals surface area contributed by atoms with Gasteiger partial charge in [-0.2, -0.15) is 0 Å². The molecule has 1 saturated carbocycles. The van der Waals surface area contributed by atoms with Crippen LogP contribution in [0.2, 0.25) is 0 Å². The quantitative estimate of drug-likeness (QED) is 0.782. The van der Waals surface area contributed by atoms with Gasteiger partial charge in [0.2, 0.25) is 0 Å². The van der Waals surface area contributed by atoms with Crippen molar-refractivity contribution < 1.29 is 0 Å². The van der Waals surface area contributed by atoms with Crippen LogP contribution in [0.25, 0.3) is 0 Å². The van der Waals surface area contributed by atoms with Crippen molar-refractivity contribution in [1.82, 2.24) is 15.1 Å². The summed E-state index contributed by atoms with van der Waals surface area (Å²) in [5.74, 6) is 0.797. The summed E-state index contributed by atoms with van der Waals surface area (Å²) in [6, 6.07) is 0.708. The average Bonchev–Trinajstić information content (AvgIpc) is 2.25. The van der Waals surface area contributed by atoms with Gasteiger partial charge in [-0.3, -0.25) is 0 Å². The number of likely N-dealkylation sites (N-methyl/N-ethyl adjacent to an activating group) is 2. The summed E-state index contributed by atoms with van der Waals surface area (Å²) in [6.07, 6.45) is 4.04. The Balaban J connectivity index is 2.45. The van der Waals surface area contributed by atoms with E-state index in [0.717, 1.165) is 12.5 Å². The molecule has 0 spiro atoms. The third-order valence-electron chi connectivity index (χ3n) is 4.36. The second kappa shape index (κ2) is 6.88. The summed E-state index contributed by atoms with van der Waals surface area (Å²) in [7, 11) is 8.68. The van der Waals surface area contributed by atoms with E-state index in [0.29, 0.717) is 11.5 Å². The van der Waals surface area contributed by atoms with Gasteiger partial charge >= 0.3 is 0 Å². The Bertz CT molecular complexity index is 238. The molecule has 0 aromatic rings. The first-order valence-corrected chi connectivity index (χ1v) is 7.34. The maximum Gasteiger partial charge on any atom is 0.0106 e. The molecule has 2 atom stereocenters. The van der Waals surface area contributed by atoms with Gasteiger partial charge in [-0.05, 0) is 58.8 Å². The Hall–Kier alpha value is -0.120. The molecule has 108 valence electrons. The number of nitrogens with zero attached hydrogens (tertiary/aromatic N) is 2. The van der Waals surface area contributed by atoms with Crippen LogP contribution < -0.4 is 5.32 Å². The van der Waals surface area contributed by atoms with E-state index in [1.807, 2.05) is 0 Å². The van der Waals surface area contributed by atoms with Gasteiger partial charge in [0.25, 0.3) is 0 Å². The van der Waals surface area contributed by atoms with Gasteiger partial charge in [-0.1, -0.05) is 13.8 Å². The lowest BCUT2D eigenvalue weighted by atomic mass is 9.70. The number of rotatable bonds is 6. The molecule has 1 aliphatic carbocycles. The van der Waals surface area contributed by atoms with Crippen LogP contribution in [0.5, 0.6) is 0 Å². The molecule has 2 unspecified atom stereocenters. The zero-order chi connectivity index (χ0) is 13.8. The minimum absolute atomic E-state index is 0.528. The first-order valence-electron chi connectivity index (χ1n) is 7.34. The summed E-state index contributed by atoms with van der Waals surface area (Å²) in [4.78, 5) is 4.76. The molecule has 1 fully saturated rings. The predicted octanol–water partition coefficient (Wildman–Crippen LogP) is 1.89. The zero-order valence-corrected chi connectivity index (χ0v) is 13.3. The highest BCUT2D eigenvalue weighted by atomic mass is 15.2. The number of hydrogen-bond acceptors (Lipinski definition) is 3. The highest BCUT2D eigenvalue weighted by Crippen LogP contribution is 2.38. The molecule has 0 aromatic heterocycles. The molecule has 1 rings (SSSR count). The lowest BCUT2D eigenvalue weighted by Gasteiger charge is -2.42. The van der Waals surface area contributed by atoms with Gasteiger partial charge in [-0.25, -0.2) is 0 Å². The van der Waals surface area contributed by atoms with Crippen molar-refractivity contribution in [3.63, 3.8) is 0 Å². The van der Waals surface area contributed by atoms with Gasteiger partial charge in [-0.15, -0.1) is 0 Å². The van der Waals surface area contributed by atoms with Crippen molar-refractivity contribution in [2.24, 2.45) is 11.3 Å². The highest BCUT2D eigenvalue weighted by Gasteiger charge is 2.34. The van der Waals surface area contributed by atoms with Gasteiger partial charge in [0.1, 0.15) is 0 Å². The van der Waals surface area contributed by atoms with Gasteiger partial charge in [0, 0.05) is 25.7 Å². The second-order valence-electron chi connectivity index (χ2n) is 7.13. The molecule has 3 nitrogen and oxygen atoms in total. The van der Waals surface area contributed by atoms with Crippen LogP contribution in [0.1, 0.15) is 33.1 Å². The van der Waals surface area contributed by atoms with Gasteiger partial charge in [0.15, 0.2) is 0 Å². The van der Waals surface area contributed by atoms with Crippen LogP contribution in [-0.2, 0) is 0 Å². The van der Waals surface area contributed by atoms with Crippen LogP contribution in [0.3, 0.4) is 0 Å². The minimum atomic E-state index is 0.528. The van der Waals surface area contributed by atoms with E-state index in [4.69, 9.17) is 0 Å². The molecule has 18 heavy (non-hydrogen) atoms. The third kappa shape index (κ3) is 5.25. The predicted molar refractivity (Wildman–Crippen MR) is 80.0 cm³/mol. The third-order valence-corrected chi connectivity index (χ3v) is 4.36. The minimum Gasteiger partial charge on any atom is -0.317 e. The van der Waals surface area contributed by atoms with Crippen molar-refractivity contribution in [2.45, 2.75) is 39.2 Å². The lowest BCUT2D eigenvalue weighted by Crippen LogP contribution is -2.46. The van der Waals surface area contributed by atoms with Gasteiger partial charge < -0.3 is 15.1 Å². The molecule has 0 aliphatic heterocycles. The molecule has 1 N–H and O–H groups in total. The second-order valence-corrected chi connectivity index (χ2v) is 7.13. The van der Waals surface area contributed by atoms with E-state index in [2.05, 4.69) is 57.2 Å². The molecule has 0 heterocycles. The van der Waals surface area contributed by atoms with Crippen molar-refractivity contribution in [1.29, 1.82) is 0 Å². The first-order chi connectivity index (χ1) is 8.34. The molecule has 0 amide bonds. The van der Waals surface area contributed by atoms with E-state index in [9.17, 15) is 0 Å². The Labute approximate surface area is 114 Å². The molecule has 0 saturated heterocycles. The molecular weight excluding hydrogens is 222 g/mol. The summed E-state index contributed by atoms with van der Waals surface area (Å²) < 4.78 is 0. The highest BCUT2D eigenvalue weighted by molar-refractivity contribution is 4.89. The zero-order valence-electron chi connectivity index (χ0n) is 13.3. The molecule has 0 radical (unpaired) electrons. The molecule has 0 aromatic carbocycles. The van der Waals surface area contributed by atoms with E-state index >= 15 is 0 Å². The monoisotopic (exact) mass is 255 g/mol. The fourth-order valence-corrected chi connectivity index (χ4v) is 3.17. The lowest BCUT2D eigenvalue weighted by molar-refractivity contribution is 0.110. The van der Waals surface area contributed by atoms with E-state index in [-0.39, 0.29) is 0 Å². The summed E-state index contributed by atoms with van der Waals surface area (Å²) in [5, 5.41) is 3.52. The standard InChI is InChI=1S/C15H33N3/c1-15(2)8-7-14(16-3)13(11-15)12-18(6)10-9-17(4)5/h13-14,16H,7-12H2,1-6H3. The van der Waals surface area contributed by atoms with Crippen molar-refractivity contribution in [3.05, 3.63) is 0 Å². The number of hydrogen-bond donors (Lipinski definition) is 1. The molecular formula is C15H33N3. The smallest absolute Gasteiger partial charge is 0.0106 e. The van der Waals surface area contributed by atoms with Crippen LogP contribution in [-0.4, -0.2) is 63.7 Å². The first kappa shape index (κ1) is 15.9. The van der Waals surface area contributed by atoms with E-state index in [1.54, 1.807) is 0 Å². The van der Waals surface area contributed by atoms with Gasteiger partial charge in [0.05, 0.1) is 0 Å². The fourth-order valence-electron chi connectivity index (χ4n) is 3.17. The van der Waals surface area contributed by atoms with Crippen molar-refractivity contribution >= 4 is 0 Å². The normalized spacial score (nSPS) is 28.0. The Morgan fingerprint density at radius 3 is 2.39 bits per heavy atom. The fraction of sp³-hybridized carbons (Fsp3) is 1.00. The Kier molecular flexibility index (Phi) is 6.09. The SMILES string of the molecule is CNC1CCC(C)(C)CC1CN(C)CCN(C)C. The van der Waals surface area contributed by atoms with Crippen molar-refractivity contribution in [2.75, 3.05) is 47.8 Å². The Morgan fingerprint density at radius 2 is 1.83 bits per heavy atom. The summed E-state index contributed by atoms with van der Waals surface area (Å²) in [5.41, 5.74) is 0.528. The summed E-state index contributed by atoms with van der Waals surface area (Å²) in [6.45, 7) is 8.39. The van der Waals surface area contributed by atoms with Crippen LogP contribution >= 0.6 is 0 Å². The maximum atomic E-state index is 3.52. The Morgan fingerprint density at radius 1 is 1.17 bits per heavy atom. The topological polar surface area (TPSA) is 18.5 Å². The van der Waals surface area contributed by atoms with E-state index < -0.39 is 0 Å². The van der Waals surface area contributed by atoms with Crippen LogP contribution in [0.15, 0.2) is 0 Å². The molecule has 1 aliphatic rings. The van der Waals surface area contributed by atoms with E-state index in [1.165, 1.54) is 32.4 Å². The summed E-state index contributed by atoms with van der Waals surface area (Å²) >= 11 is 0. The molecule has 0 bridgehead atoms. The van der Waals surface area contributed by atoms with Crippen LogP contribution in [0.4, 0.5) is 0 Å². The largest absolute Gasteiger partial charge is 0.317 e. The average molecular weight is 255 g/mol. The van der Waals surface area contributed by atoms with Crippen molar-refractivity contribution in [3.8, 4) is 0 Å².